The van der Waals surface area contributed by atoms with Crippen LogP contribution in [-0.2, 0) is 20.0 Å². The molecule has 4 heteroatoms. The number of imidazole rings is 1. The number of aryl methyl sites for hydroxylation is 1. The zero-order valence-electron chi connectivity index (χ0n) is 9.86. The van der Waals surface area contributed by atoms with Gasteiger partial charge in [0.25, 0.3) is 0 Å². The minimum absolute atomic E-state index is 0.192. The Bertz CT molecular complexity index is 462. The van der Waals surface area contributed by atoms with Crippen LogP contribution in [0, 0.1) is 5.82 Å². The minimum atomic E-state index is -0.192. The molecular weight excluding hydrogens is 217 g/mol. The second-order valence-electron chi connectivity index (χ2n) is 4.08. The van der Waals surface area contributed by atoms with Crippen molar-refractivity contribution in [2.75, 3.05) is 6.54 Å². The van der Waals surface area contributed by atoms with Gasteiger partial charge in [-0.1, -0.05) is 12.1 Å². The van der Waals surface area contributed by atoms with E-state index in [1.807, 2.05) is 17.8 Å². The van der Waals surface area contributed by atoms with Crippen LogP contribution in [0.4, 0.5) is 4.39 Å². The van der Waals surface area contributed by atoms with Gasteiger partial charge in [0.05, 0.1) is 12.0 Å². The lowest BCUT2D eigenvalue weighted by molar-refractivity contribution is 0.624. The van der Waals surface area contributed by atoms with Crippen LogP contribution in [0.5, 0.6) is 0 Å². The Morgan fingerprint density at radius 3 is 2.71 bits per heavy atom. The average Bonchev–Trinajstić information content (AvgIpc) is 2.73. The summed E-state index contributed by atoms with van der Waals surface area (Å²) in [6, 6.07) is 6.55. The molecule has 0 saturated carbocycles. The molecule has 90 valence electrons. The van der Waals surface area contributed by atoms with E-state index in [1.165, 1.54) is 12.1 Å². The Morgan fingerprint density at radius 2 is 2.06 bits per heavy atom. The normalized spacial score (nSPS) is 10.7. The number of halogens is 1. The van der Waals surface area contributed by atoms with Crippen molar-refractivity contribution in [1.82, 2.24) is 14.9 Å². The van der Waals surface area contributed by atoms with E-state index in [9.17, 15) is 4.39 Å². The number of nitrogens with one attached hydrogen (secondary N) is 1. The van der Waals surface area contributed by atoms with Crippen molar-refractivity contribution in [3.8, 4) is 0 Å². The second-order valence-corrected chi connectivity index (χ2v) is 4.08. The van der Waals surface area contributed by atoms with Crippen molar-refractivity contribution >= 4 is 0 Å². The molecule has 0 bridgehead atoms. The maximum absolute atomic E-state index is 12.7. The monoisotopic (exact) mass is 233 g/mol. The average molecular weight is 233 g/mol. The third-order valence-electron chi connectivity index (χ3n) is 2.56. The predicted octanol–water partition coefficient (Wildman–Crippen LogP) is 1.89. The van der Waals surface area contributed by atoms with Gasteiger partial charge >= 0.3 is 0 Å². The summed E-state index contributed by atoms with van der Waals surface area (Å²) < 4.78 is 14.6. The summed E-state index contributed by atoms with van der Waals surface area (Å²) in [6.45, 7) is 1.63. The Kier molecular flexibility index (Phi) is 3.88. The lowest BCUT2D eigenvalue weighted by Gasteiger charge is -2.03. The number of hydrogen-bond acceptors (Lipinski definition) is 2. The van der Waals surface area contributed by atoms with Crippen LogP contribution in [0.15, 0.2) is 36.8 Å². The Hall–Kier alpha value is -1.68. The quantitative estimate of drug-likeness (QED) is 0.799. The van der Waals surface area contributed by atoms with Gasteiger partial charge in [-0.15, -0.1) is 0 Å². The topological polar surface area (TPSA) is 29.9 Å². The molecule has 17 heavy (non-hydrogen) atoms. The Morgan fingerprint density at radius 1 is 1.29 bits per heavy atom. The highest BCUT2D eigenvalue weighted by Gasteiger charge is 1.97. The summed E-state index contributed by atoms with van der Waals surface area (Å²) >= 11 is 0. The summed E-state index contributed by atoms with van der Waals surface area (Å²) in [6.07, 6.45) is 4.72. The fourth-order valence-electron chi connectivity index (χ4n) is 1.65. The highest BCUT2D eigenvalue weighted by Crippen LogP contribution is 2.02. The molecule has 1 aromatic carbocycles. The van der Waals surface area contributed by atoms with Crippen molar-refractivity contribution in [2.45, 2.75) is 13.0 Å². The van der Waals surface area contributed by atoms with Crippen molar-refractivity contribution in [2.24, 2.45) is 7.05 Å². The molecule has 0 saturated heterocycles. The summed E-state index contributed by atoms with van der Waals surface area (Å²) in [7, 11) is 1.96. The Balaban J connectivity index is 1.71. The molecule has 0 amide bonds. The largest absolute Gasteiger partial charge is 0.340 e. The van der Waals surface area contributed by atoms with Crippen molar-refractivity contribution in [3.63, 3.8) is 0 Å². The van der Waals surface area contributed by atoms with Crippen molar-refractivity contribution in [3.05, 3.63) is 53.9 Å². The summed E-state index contributed by atoms with van der Waals surface area (Å²) in [5.41, 5.74) is 2.17. The van der Waals surface area contributed by atoms with Gasteiger partial charge in [0, 0.05) is 32.8 Å². The van der Waals surface area contributed by atoms with E-state index in [2.05, 4.69) is 10.3 Å². The molecule has 2 rings (SSSR count). The van der Waals surface area contributed by atoms with Gasteiger partial charge in [-0.25, -0.2) is 9.37 Å². The second kappa shape index (κ2) is 5.59. The van der Waals surface area contributed by atoms with Crippen molar-refractivity contribution < 1.29 is 4.39 Å². The molecule has 2 aromatic rings. The van der Waals surface area contributed by atoms with Crippen LogP contribution in [0.2, 0.25) is 0 Å². The highest BCUT2D eigenvalue weighted by atomic mass is 19.1. The van der Waals surface area contributed by atoms with E-state index in [4.69, 9.17) is 0 Å². The lowest BCUT2D eigenvalue weighted by atomic mass is 10.2. The first-order valence-electron chi connectivity index (χ1n) is 5.66. The SMILES string of the molecule is Cn1cnc(CCNCc2ccc(F)cc2)c1. The fraction of sp³-hybridized carbons (Fsp3) is 0.308. The van der Waals surface area contributed by atoms with E-state index >= 15 is 0 Å². The third kappa shape index (κ3) is 3.67. The highest BCUT2D eigenvalue weighted by molar-refractivity contribution is 5.15. The molecule has 1 aromatic heterocycles. The molecule has 0 aliphatic carbocycles. The number of nitrogens with zero attached hydrogens (tertiary/aromatic N) is 2. The molecule has 3 nitrogen and oxygen atoms in total. The van der Waals surface area contributed by atoms with Crippen molar-refractivity contribution in [1.29, 1.82) is 0 Å². The van der Waals surface area contributed by atoms with Gasteiger partial charge in [-0.3, -0.25) is 0 Å². The first-order chi connectivity index (χ1) is 8.24. The standard InChI is InChI=1S/C13H16FN3/c1-17-9-13(16-10-17)6-7-15-8-11-2-4-12(14)5-3-11/h2-5,9-10,15H,6-8H2,1H3. The van der Waals surface area contributed by atoms with Gasteiger partial charge < -0.3 is 9.88 Å². The fourth-order valence-corrected chi connectivity index (χ4v) is 1.65. The molecule has 0 spiro atoms. The van der Waals surface area contributed by atoms with Crippen LogP contribution < -0.4 is 5.32 Å². The maximum Gasteiger partial charge on any atom is 0.123 e. The zero-order valence-corrected chi connectivity index (χ0v) is 9.86. The van der Waals surface area contributed by atoms with Gasteiger partial charge in [0.1, 0.15) is 5.82 Å². The first kappa shape index (κ1) is 11.8. The van der Waals surface area contributed by atoms with E-state index in [-0.39, 0.29) is 5.82 Å². The zero-order chi connectivity index (χ0) is 12.1. The first-order valence-corrected chi connectivity index (χ1v) is 5.66. The van der Waals surface area contributed by atoms with Gasteiger partial charge in [0.2, 0.25) is 0 Å². The van der Waals surface area contributed by atoms with E-state index in [1.54, 1.807) is 18.5 Å². The van der Waals surface area contributed by atoms with Gasteiger partial charge in [0.15, 0.2) is 0 Å². The smallest absolute Gasteiger partial charge is 0.123 e. The van der Waals surface area contributed by atoms with E-state index in [0.29, 0.717) is 0 Å². The number of benzene rings is 1. The number of hydrogen-bond donors (Lipinski definition) is 1. The molecule has 0 aliphatic heterocycles. The van der Waals surface area contributed by atoms with E-state index < -0.39 is 0 Å². The molecule has 0 unspecified atom stereocenters. The number of aromatic nitrogens is 2. The summed E-state index contributed by atoms with van der Waals surface area (Å²) in [5, 5.41) is 3.31. The maximum atomic E-state index is 12.7. The summed E-state index contributed by atoms with van der Waals surface area (Å²) in [5.74, 6) is -0.192. The molecule has 0 radical (unpaired) electrons. The summed E-state index contributed by atoms with van der Waals surface area (Å²) in [4.78, 5) is 4.25. The van der Waals surface area contributed by atoms with Gasteiger partial charge in [-0.2, -0.15) is 0 Å². The van der Waals surface area contributed by atoms with Crippen LogP contribution in [0.25, 0.3) is 0 Å². The van der Waals surface area contributed by atoms with Gasteiger partial charge in [-0.05, 0) is 17.7 Å². The van der Waals surface area contributed by atoms with Crippen LogP contribution in [-0.4, -0.2) is 16.1 Å². The van der Waals surface area contributed by atoms with Crippen LogP contribution >= 0.6 is 0 Å². The molecule has 1 N–H and O–H groups in total. The number of rotatable bonds is 5. The molecular formula is C13H16FN3. The predicted molar refractivity (Wildman–Crippen MR) is 65.0 cm³/mol. The molecule has 0 fully saturated rings. The molecule has 0 atom stereocenters. The van der Waals surface area contributed by atoms with Crippen LogP contribution in [0.3, 0.4) is 0 Å². The minimum Gasteiger partial charge on any atom is -0.340 e. The molecule has 0 aliphatic rings. The molecule has 1 heterocycles. The lowest BCUT2D eigenvalue weighted by Crippen LogP contribution is -2.16. The third-order valence-corrected chi connectivity index (χ3v) is 2.56. The van der Waals surface area contributed by atoms with E-state index in [0.717, 1.165) is 30.8 Å². The Labute approximate surface area is 100 Å². The van der Waals surface area contributed by atoms with Crippen LogP contribution in [0.1, 0.15) is 11.3 Å².